The number of anilines is 1. The first-order chi connectivity index (χ1) is 15.1. The summed E-state index contributed by atoms with van der Waals surface area (Å²) in [5, 5.41) is 0.456. The first-order valence-electron chi connectivity index (χ1n) is 9.97. The number of amides is 1. The van der Waals surface area contributed by atoms with Crippen molar-refractivity contribution in [2.75, 3.05) is 32.3 Å². The molecule has 0 saturated carbocycles. The van der Waals surface area contributed by atoms with E-state index in [-0.39, 0.29) is 17.5 Å². The lowest BCUT2D eigenvalue weighted by atomic mass is 10.2. The van der Waals surface area contributed by atoms with Crippen LogP contribution in [0, 0.1) is 5.82 Å². The second-order valence-corrected chi connectivity index (χ2v) is 8.12. The molecule has 1 fully saturated rings. The van der Waals surface area contributed by atoms with E-state index in [2.05, 4.69) is 4.98 Å². The number of ether oxygens (including phenoxy) is 3. The molecule has 6 nitrogen and oxygen atoms in total. The van der Waals surface area contributed by atoms with Crippen molar-refractivity contribution in [1.82, 2.24) is 4.98 Å². The minimum absolute atomic E-state index is 0.0599. The summed E-state index contributed by atoms with van der Waals surface area (Å²) in [5.41, 5.74) is 1.06. The van der Waals surface area contributed by atoms with Gasteiger partial charge in [0.15, 0.2) is 16.6 Å². The van der Waals surface area contributed by atoms with Gasteiger partial charge in [-0.3, -0.25) is 9.69 Å². The van der Waals surface area contributed by atoms with Crippen LogP contribution in [-0.4, -0.2) is 44.4 Å². The topological polar surface area (TPSA) is 60.9 Å². The summed E-state index contributed by atoms with van der Waals surface area (Å²) in [5.74, 6) is 0.549. The second kappa shape index (κ2) is 9.45. The van der Waals surface area contributed by atoms with Gasteiger partial charge in [-0.05, 0) is 48.7 Å². The van der Waals surface area contributed by atoms with Crippen LogP contribution in [0.2, 0.25) is 0 Å². The summed E-state index contributed by atoms with van der Waals surface area (Å²) in [7, 11) is 3.13. The lowest BCUT2D eigenvalue weighted by molar-refractivity contribution is -0.114. The highest BCUT2D eigenvalue weighted by atomic mass is 32.1. The van der Waals surface area contributed by atoms with E-state index in [1.807, 2.05) is 6.07 Å². The molecule has 1 atom stereocenters. The molecule has 4 rings (SSSR count). The average molecular weight is 443 g/mol. The number of halogens is 1. The number of para-hydroxylation sites is 1. The van der Waals surface area contributed by atoms with Gasteiger partial charge < -0.3 is 14.2 Å². The van der Waals surface area contributed by atoms with Crippen LogP contribution in [0.4, 0.5) is 9.52 Å². The molecule has 0 bridgehead atoms. The van der Waals surface area contributed by atoms with Crippen molar-refractivity contribution in [3.05, 3.63) is 53.9 Å². The smallest absolute Gasteiger partial charge is 0.252 e. The number of benzene rings is 2. The van der Waals surface area contributed by atoms with Gasteiger partial charge >= 0.3 is 0 Å². The van der Waals surface area contributed by atoms with Crippen LogP contribution in [0.3, 0.4) is 0 Å². The summed E-state index contributed by atoms with van der Waals surface area (Å²) in [4.78, 5) is 19.1. The number of hydrogen-bond donors (Lipinski definition) is 0. The Balaban J connectivity index is 1.62. The maximum Gasteiger partial charge on any atom is 0.252 e. The minimum Gasteiger partial charge on any atom is -0.493 e. The number of carbonyl (C=O) groups is 1. The van der Waals surface area contributed by atoms with Gasteiger partial charge in [-0.2, -0.15) is 0 Å². The molecule has 1 saturated heterocycles. The van der Waals surface area contributed by atoms with Crippen molar-refractivity contribution in [3.8, 4) is 11.5 Å². The van der Waals surface area contributed by atoms with Crippen LogP contribution >= 0.6 is 11.3 Å². The highest BCUT2D eigenvalue weighted by molar-refractivity contribution is 7.22. The van der Waals surface area contributed by atoms with Gasteiger partial charge in [0.05, 0.1) is 31.6 Å². The molecule has 2 aromatic carbocycles. The number of thiazole rings is 1. The Labute approximate surface area is 183 Å². The van der Waals surface area contributed by atoms with Crippen molar-refractivity contribution >= 4 is 38.7 Å². The SMILES string of the molecule is COc1ccc(/C=C/C(=O)N(CC2CCCO2)c2nc3c(F)cccc3s2)cc1OC. The second-order valence-electron chi connectivity index (χ2n) is 7.11. The number of carbonyl (C=O) groups excluding carboxylic acids is 1. The van der Waals surface area contributed by atoms with Crippen LogP contribution in [0.5, 0.6) is 11.5 Å². The lowest BCUT2D eigenvalue weighted by Crippen LogP contribution is -2.36. The molecule has 1 amide bonds. The van der Waals surface area contributed by atoms with Crippen LogP contribution in [-0.2, 0) is 9.53 Å². The number of nitrogens with zero attached hydrogens (tertiary/aromatic N) is 2. The van der Waals surface area contributed by atoms with Crippen LogP contribution in [0.15, 0.2) is 42.5 Å². The molecule has 0 N–H and O–H groups in total. The number of fused-ring (bicyclic) bond motifs is 1. The van der Waals surface area contributed by atoms with E-state index >= 15 is 0 Å². The number of aromatic nitrogens is 1. The Hall–Kier alpha value is -2.97. The molecule has 162 valence electrons. The zero-order chi connectivity index (χ0) is 21.8. The van der Waals surface area contributed by atoms with Crippen LogP contribution in [0.25, 0.3) is 16.3 Å². The van der Waals surface area contributed by atoms with Gasteiger partial charge in [-0.1, -0.05) is 23.5 Å². The Morgan fingerprint density at radius 1 is 1.29 bits per heavy atom. The molecule has 8 heteroatoms. The predicted molar refractivity (Wildman–Crippen MR) is 119 cm³/mol. The summed E-state index contributed by atoms with van der Waals surface area (Å²) in [6, 6.07) is 10.2. The Kier molecular flexibility index (Phi) is 6.48. The van der Waals surface area contributed by atoms with E-state index in [1.165, 1.54) is 23.5 Å². The summed E-state index contributed by atoms with van der Waals surface area (Å²) >= 11 is 1.29. The predicted octanol–water partition coefficient (Wildman–Crippen LogP) is 4.68. The Morgan fingerprint density at radius 2 is 2.13 bits per heavy atom. The number of rotatable bonds is 7. The number of methoxy groups -OCH3 is 2. The zero-order valence-electron chi connectivity index (χ0n) is 17.3. The van der Waals surface area contributed by atoms with Crippen LogP contribution < -0.4 is 14.4 Å². The molecule has 0 spiro atoms. The van der Waals surface area contributed by atoms with Gasteiger partial charge in [0.25, 0.3) is 5.91 Å². The molecule has 1 aliphatic rings. The molecular weight excluding hydrogens is 419 g/mol. The molecular formula is C23H23FN2O4S. The van der Waals surface area contributed by atoms with Crippen molar-refractivity contribution in [1.29, 1.82) is 0 Å². The largest absolute Gasteiger partial charge is 0.493 e. The van der Waals surface area contributed by atoms with Crippen molar-refractivity contribution < 1.29 is 23.4 Å². The summed E-state index contributed by atoms with van der Waals surface area (Å²) in [6.07, 6.45) is 4.97. The van der Waals surface area contributed by atoms with E-state index in [9.17, 15) is 9.18 Å². The Morgan fingerprint density at radius 3 is 2.84 bits per heavy atom. The minimum atomic E-state index is -0.398. The van der Waals surface area contributed by atoms with Crippen molar-refractivity contribution in [2.45, 2.75) is 18.9 Å². The molecule has 1 aromatic heterocycles. The third-order valence-corrected chi connectivity index (χ3v) is 6.14. The van der Waals surface area contributed by atoms with E-state index < -0.39 is 5.82 Å². The highest BCUT2D eigenvalue weighted by Crippen LogP contribution is 2.32. The standard InChI is InChI=1S/C23H23FN2O4S/c1-28-18-10-8-15(13-19(18)29-2)9-11-21(27)26(14-16-5-4-12-30-16)23-25-22-17(24)6-3-7-20(22)31-23/h3,6-11,13,16H,4-5,12,14H2,1-2H3/b11-9+. The third kappa shape index (κ3) is 4.70. The van der Waals surface area contributed by atoms with E-state index in [0.717, 1.165) is 18.4 Å². The first kappa shape index (κ1) is 21.3. The maximum absolute atomic E-state index is 14.2. The zero-order valence-corrected chi connectivity index (χ0v) is 18.2. The van der Waals surface area contributed by atoms with Crippen LogP contribution in [0.1, 0.15) is 18.4 Å². The third-order valence-electron chi connectivity index (χ3n) is 5.09. The average Bonchev–Trinajstić information content (AvgIpc) is 3.46. The van der Waals surface area contributed by atoms with E-state index in [1.54, 1.807) is 49.5 Å². The Bertz CT molecular complexity index is 1110. The normalized spacial score (nSPS) is 16.2. The first-order valence-corrected chi connectivity index (χ1v) is 10.8. The maximum atomic E-state index is 14.2. The fraction of sp³-hybridized carbons (Fsp3) is 0.304. The van der Waals surface area contributed by atoms with Gasteiger partial charge in [0.1, 0.15) is 11.3 Å². The van der Waals surface area contributed by atoms with Gasteiger partial charge in [-0.15, -0.1) is 0 Å². The van der Waals surface area contributed by atoms with E-state index in [4.69, 9.17) is 14.2 Å². The highest BCUT2D eigenvalue weighted by Gasteiger charge is 2.25. The molecule has 3 aromatic rings. The quantitative estimate of drug-likeness (QED) is 0.498. The molecule has 1 aliphatic heterocycles. The van der Waals surface area contributed by atoms with Crippen molar-refractivity contribution in [3.63, 3.8) is 0 Å². The van der Waals surface area contributed by atoms with Crippen molar-refractivity contribution in [2.24, 2.45) is 0 Å². The van der Waals surface area contributed by atoms with Gasteiger partial charge in [0, 0.05) is 12.7 Å². The fourth-order valence-electron chi connectivity index (χ4n) is 3.49. The van der Waals surface area contributed by atoms with E-state index in [0.29, 0.717) is 34.5 Å². The number of hydrogen-bond acceptors (Lipinski definition) is 6. The molecule has 1 unspecified atom stereocenters. The fourth-order valence-corrected chi connectivity index (χ4v) is 4.48. The molecule has 0 radical (unpaired) electrons. The van der Waals surface area contributed by atoms with Gasteiger partial charge in [0.2, 0.25) is 0 Å². The van der Waals surface area contributed by atoms with Gasteiger partial charge in [-0.25, -0.2) is 9.37 Å². The summed E-state index contributed by atoms with van der Waals surface area (Å²) < 4.78 is 31.1. The summed E-state index contributed by atoms with van der Waals surface area (Å²) in [6.45, 7) is 1.05. The molecule has 2 heterocycles. The molecule has 0 aliphatic carbocycles. The monoisotopic (exact) mass is 442 g/mol. The molecule has 31 heavy (non-hydrogen) atoms. The lowest BCUT2D eigenvalue weighted by Gasteiger charge is -2.21.